The molecule has 2 heteroatoms. The molecule has 1 aliphatic heterocycles. The van der Waals surface area contributed by atoms with Crippen molar-refractivity contribution in [2.24, 2.45) is 5.16 Å². The summed E-state index contributed by atoms with van der Waals surface area (Å²) in [5, 5.41) is 3.77. The molecule has 1 aliphatic rings. The summed E-state index contributed by atoms with van der Waals surface area (Å²) < 4.78 is 0. The number of benzene rings is 1. The highest BCUT2D eigenvalue weighted by Gasteiger charge is 2.12. The van der Waals surface area contributed by atoms with Crippen LogP contribution >= 0.6 is 0 Å². The molecule has 1 atom stereocenters. The van der Waals surface area contributed by atoms with Gasteiger partial charge in [-0.1, -0.05) is 29.4 Å². The number of hydrogen-bond donors (Lipinski definition) is 0. The van der Waals surface area contributed by atoms with Crippen molar-refractivity contribution in [2.45, 2.75) is 13.0 Å². The second-order valence-electron chi connectivity index (χ2n) is 2.61. The molecule has 0 saturated heterocycles. The average Bonchev–Trinajstić information content (AvgIpc) is 2.06. The Morgan fingerprint density at radius 1 is 1.36 bits per heavy atom. The van der Waals surface area contributed by atoms with Crippen LogP contribution in [0.25, 0.3) is 0 Å². The molecular formula is C9H9NO. The van der Waals surface area contributed by atoms with Gasteiger partial charge < -0.3 is 4.84 Å². The maximum absolute atomic E-state index is 5.07. The van der Waals surface area contributed by atoms with E-state index >= 15 is 0 Å². The second-order valence-corrected chi connectivity index (χ2v) is 2.61. The third-order valence-electron chi connectivity index (χ3n) is 1.84. The zero-order valence-electron chi connectivity index (χ0n) is 6.32. The van der Waals surface area contributed by atoms with Gasteiger partial charge in [-0.05, 0) is 6.92 Å². The van der Waals surface area contributed by atoms with Crippen LogP contribution in [0.2, 0.25) is 0 Å². The number of fused-ring (bicyclic) bond motifs is 1. The summed E-state index contributed by atoms with van der Waals surface area (Å²) in [6.07, 6.45) is 1.84. The minimum atomic E-state index is 0.0937. The Morgan fingerprint density at radius 3 is 3.00 bits per heavy atom. The van der Waals surface area contributed by atoms with Gasteiger partial charge in [-0.15, -0.1) is 0 Å². The van der Waals surface area contributed by atoms with Crippen molar-refractivity contribution in [3.05, 3.63) is 35.4 Å². The number of nitrogens with zero attached hydrogens (tertiary/aromatic N) is 1. The first-order chi connectivity index (χ1) is 5.38. The van der Waals surface area contributed by atoms with Gasteiger partial charge in [-0.2, -0.15) is 0 Å². The van der Waals surface area contributed by atoms with Crippen molar-refractivity contribution in [3.63, 3.8) is 0 Å². The van der Waals surface area contributed by atoms with E-state index in [0.717, 1.165) is 5.56 Å². The van der Waals surface area contributed by atoms with Crippen LogP contribution in [0.15, 0.2) is 29.4 Å². The average molecular weight is 147 g/mol. The van der Waals surface area contributed by atoms with Crippen LogP contribution in [0.3, 0.4) is 0 Å². The van der Waals surface area contributed by atoms with Crippen molar-refractivity contribution in [1.82, 2.24) is 0 Å². The van der Waals surface area contributed by atoms with Gasteiger partial charge in [-0.25, -0.2) is 0 Å². The van der Waals surface area contributed by atoms with E-state index in [2.05, 4.69) is 11.2 Å². The van der Waals surface area contributed by atoms with Crippen molar-refractivity contribution in [2.75, 3.05) is 0 Å². The minimum Gasteiger partial charge on any atom is -0.388 e. The quantitative estimate of drug-likeness (QED) is 0.550. The van der Waals surface area contributed by atoms with E-state index in [4.69, 9.17) is 4.84 Å². The van der Waals surface area contributed by atoms with E-state index in [1.807, 2.05) is 25.1 Å². The first kappa shape index (κ1) is 6.40. The summed E-state index contributed by atoms with van der Waals surface area (Å²) >= 11 is 0. The number of oxime groups is 1. The third-order valence-corrected chi connectivity index (χ3v) is 1.84. The van der Waals surface area contributed by atoms with E-state index in [9.17, 15) is 0 Å². The summed E-state index contributed by atoms with van der Waals surface area (Å²) in [6.45, 7) is 2.00. The van der Waals surface area contributed by atoms with E-state index in [0.29, 0.717) is 0 Å². The van der Waals surface area contributed by atoms with Crippen LogP contribution in [0.1, 0.15) is 24.2 Å². The fraction of sp³-hybridized carbons (Fsp3) is 0.222. The predicted octanol–water partition coefficient (Wildman–Crippen LogP) is 2.11. The monoisotopic (exact) mass is 147 g/mol. The molecule has 0 saturated carbocycles. The molecule has 1 unspecified atom stereocenters. The van der Waals surface area contributed by atoms with Crippen molar-refractivity contribution in [3.8, 4) is 0 Å². The Balaban J connectivity index is 2.54. The zero-order valence-corrected chi connectivity index (χ0v) is 6.32. The maximum Gasteiger partial charge on any atom is 0.150 e. The van der Waals surface area contributed by atoms with Gasteiger partial charge in [0.2, 0.25) is 0 Å². The standard InChI is InChI=1S/C9H9NO/c1-7-9-5-3-2-4-8(9)6-10-11-7/h2-7H,1H3. The summed E-state index contributed by atoms with van der Waals surface area (Å²) in [6, 6.07) is 8.11. The highest BCUT2D eigenvalue weighted by atomic mass is 16.6. The molecule has 0 radical (unpaired) electrons. The molecule has 0 spiro atoms. The van der Waals surface area contributed by atoms with Gasteiger partial charge in [0.1, 0.15) is 6.10 Å². The van der Waals surface area contributed by atoms with Crippen LogP contribution in [0.5, 0.6) is 0 Å². The molecule has 0 amide bonds. The fourth-order valence-electron chi connectivity index (χ4n) is 1.23. The second kappa shape index (κ2) is 2.38. The molecule has 1 aromatic carbocycles. The maximum atomic E-state index is 5.07. The van der Waals surface area contributed by atoms with Crippen molar-refractivity contribution >= 4 is 6.21 Å². The molecule has 11 heavy (non-hydrogen) atoms. The van der Waals surface area contributed by atoms with Gasteiger partial charge in [0.05, 0.1) is 6.21 Å². The fourth-order valence-corrected chi connectivity index (χ4v) is 1.23. The Hall–Kier alpha value is -1.31. The lowest BCUT2D eigenvalue weighted by molar-refractivity contribution is 0.0696. The minimum absolute atomic E-state index is 0.0937. The van der Waals surface area contributed by atoms with Gasteiger partial charge in [-0.3, -0.25) is 0 Å². The predicted molar refractivity (Wildman–Crippen MR) is 43.5 cm³/mol. The Morgan fingerprint density at radius 2 is 2.18 bits per heavy atom. The number of rotatable bonds is 0. The lowest BCUT2D eigenvalue weighted by atomic mass is 10.0. The summed E-state index contributed by atoms with van der Waals surface area (Å²) in [5.41, 5.74) is 2.37. The molecule has 0 bridgehead atoms. The highest BCUT2D eigenvalue weighted by molar-refractivity contribution is 5.82. The molecule has 2 rings (SSSR count). The van der Waals surface area contributed by atoms with Crippen LogP contribution in [0, 0.1) is 0 Å². The summed E-state index contributed by atoms with van der Waals surface area (Å²) in [5.74, 6) is 0. The van der Waals surface area contributed by atoms with Crippen LogP contribution in [-0.4, -0.2) is 6.21 Å². The van der Waals surface area contributed by atoms with Crippen molar-refractivity contribution in [1.29, 1.82) is 0 Å². The molecule has 0 aliphatic carbocycles. The summed E-state index contributed by atoms with van der Waals surface area (Å²) in [4.78, 5) is 5.07. The molecule has 0 aromatic heterocycles. The molecule has 0 fully saturated rings. The zero-order chi connectivity index (χ0) is 7.68. The van der Waals surface area contributed by atoms with E-state index in [1.54, 1.807) is 6.21 Å². The molecule has 2 nitrogen and oxygen atoms in total. The van der Waals surface area contributed by atoms with Crippen molar-refractivity contribution < 1.29 is 4.84 Å². The Bertz CT molecular complexity index is 293. The van der Waals surface area contributed by atoms with Gasteiger partial charge in [0.25, 0.3) is 0 Å². The first-order valence-electron chi connectivity index (χ1n) is 3.66. The number of hydrogen-bond acceptors (Lipinski definition) is 2. The lowest BCUT2D eigenvalue weighted by Crippen LogP contribution is -2.05. The van der Waals surface area contributed by atoms with Crippen LogP contribution < -0.4 is 0 Å². The van der Waals surface area contributed by atoms with Crippen LogP contribution in [-0.2, 0) is 4.84 Å². The Kier molecular flexibility index (Phi) is 1.39. The smallest absolute Gasteiger partial charge is 0.150 e. The third kappa shape index (κ3) is 1.00. The van der Waals surface area contributed by atoms with E-state index in [-0.39, 0.29) is 6.10 Å². The topological polar surface area (TPSA) is 21.6 Å². The molecule has 0 N–H and O–H groups in total. The van der Waals surface area contributed by atoms with Crippen LogP contribution in [0.4, 0.5) is 0 Å². The molecule has 56 valence electrons. The van der Waals surface area contributed by atoms with E-state index < -0.39 is 0 Å². The normalized spacial score (nSPS) is 20.6. The molecule has 1 heterocycles. The summed E-state index contributed by atoms with van der Waals surface area (Å²) in [7, 11) is 0. The van der Waals surface area contributed by atoms with Gasteiger partial charge in [0, 0.05) is 11.1 Å². The molecular weight excluding hydrogens is 138 g/mol. The van der Waals surface area contributed by atoms with Gasteiger partial charge in [0.15, 0.2) is 0 Å². The SMILES string of the molecule is CC1ON=Cc2ccccc21. The Labute approximate surface area is 65.5 Å². The largest absolute Gasteiger partial charge is 0.388 e. The van der Waals surface area contributed by atoms with E-state index in [1.165, 1.54) is 5.56 Å². The highest BCUT2D eigenvalue weighted by Crippen LogP contribution is 2.22. The molecule has 1 aromatic rings. The van der Waals surface area contributed by atoms with Gasteiger partial charge >= 0.3 is 0 Å². The lowest BCUT2D eigenvalue weighted by Gasteiger charge is -2.16. The first-order valence-corrected chi connectivity index (χ1v) is 3.66.